The average molecular weight is 325 g/mol. The van der Waals surface area contributed by atoms with Crippen molar-refractivity contribution in [3.8, 4) is 23.3 Å². The molecule has 7 nitrogen and oxygen atoms in total. The van der Waals surface area contributed by atoms with Crippen molar-refractivity contribution < 1.29 is 19.7 Å². The highest BCUT2D eigenvalue weighted by Crippen LogP contribution is 2.23. The molecule has 122 valence electrons. The first-order valence-corrected chi connectivity index (χ1v) is 6.98. The first kappa shape index (κ1) is 16.8. The van der Waals surface area contributed by atoms with Gasteiger partial charge >= 0.3 is 0 Å². The molecule has 0 saturated heterocycles. The highest BCUT2D eigenvalue weighted by molar-refractivity contribution is 6.01. The summed E-state index contributed by atoms with van der Waals surface area (Å²) in [6.45, 7) is 1.29. The van der Waals surface area contributed by atoms with Crippen molar-refractivity contribution in [3.05, 3.63) is 53.6 Å². The van der Waals surface area contributed by atoms with E-state index in [9.17, 15) is 15.0 Å². The molecule has 0 bridgehead atoms. The fourth-order valence-corrected chi connectivity index (χ4v) is 1.89. The standard InChI is InChI=1S/C17H15N3O4/c1-11(14-7-6-13(21)8-15(14)22)19-20-17(23)10-24-16-5-3-2-4-12(16)9-18/h2-8,21-22H,10H2,1H3,(H,20,23)/b19-11+. The molecule has 0 aliphatic heterocycles. The van der Waals surface area contributed by atoms with Crippen LogP contribution in [0.25, 0.3) is 0 Å². The fourth-order valence-electron chi connectivity index (χ4n) is 1.89. The van der Waals surface area contributed by atoms with Crippen LogP contribution < -0.4 is 10.2 Å². The van der Waals surface area contributed by atoms with E-state index in [4.69, 9.17) is 10.00 Å². The number of phenols is 2. The lowest BCUT2D eigenvalue weighted by Crippen LogP contribution is -2.25. The van der Waals surface area contributed by atoms with Crippen LogP contribution in [0.15, 0.2) is 47.6 Å². The third-order valence-electron chi connectivity index (χ3n) is 3.09. The number of hydrogen-bond acceptors (Lipinski definition) is 6. The van der Waals surface area contributed by atoms with Crippen LogP contribution in [0.1, 0.15) is 18.1 Å². The number of benzene rings is 2. The zero-order valence-electron chi connectivity index (χ0n) is 12.9. The molecule has 0 heterocycles. The van der Waals surface area contributed by atoms with Gasteiger partial charge in [0.15, 0.2) is 6.61 Å². The van der Waals surface area contributed by atoms with Crippen molar-refractivity contribution in [1.82, 2.24) is 5.43 Å². The van der Waals surface area contributed by atoms with Crippen molar-refractivity contribution >= 4 is 11.6 Å². The number of hydrogen-bond donors (Lipinski definition) is 3. The summed E-state index contributed by atoms with van der Waals surface area (Å²) in [5.41, 5.74) is 3.37. The summed E-state index contributed by atoms with van der Waals surface area (Å²) in [6, 6.07) is 12.6. The van der Waals surface area contributed by atoms with Gasteiger partial charge in [-0.05, 0) is 31.2 Å². The SMILES string of the molecule is C/C(=N\NC(=O)COc1ccccc1C#N)c1ccc(O)cc1O. The summed E-state index contributed by atoms with van der Waals surface area (Å²) in [6.07, 6.45) is 0. The van der Waals surface area contributed by atoms with Crippen molar-refractivity contribution in [3.63, 3.8) is 0 Å². The quantitative estimate of drug-likeness (QED) is 0.573. The smallest absolute Gasteiger partial charge is 0.277 e. The summed E-state index contributed by atoms with van der Waals surface area (Å²) in [5, 5.41) is 31.8. The molecule has 2 aromatic carbocycles. The Bertz CT molecular complexity index is 825. The van der Waals surface area contributed by atoms with Crippen molar-refractivity contribution in [2.45, 2.75) is 6.92 Å². The molecule has 0 aliphatic carbocycles. The van der Waals surface area contributed by atoms with Gasteiger partial charge in [-0.15, -0.1) is 0 Å². The largest absolute Gasteiger partial charge is 0.508 e. The highest BCUT2D eigenvalue weighted by Gasteiger charge is 2.08. The van der Waals surface area contributed by atoms with Gasteiger partial charge in [-0.25, -0.2) is 5.43 Å². The van der Waals surface area contributed by atoms with E-state index in [1.54, 1.807) is 31.2 Å². The summed E-state index contributed by atoms with van der Waals surface area (Å²) in [7, 11) is 0. The van der Waals surface area contributed by atoms with Crippen LogP contribution in [0.3, 0.4) is 0 Å². The van der Waals surface area contributed by atoms with Crippen LogP contribution in [0.5, 0.6) is 17.2 Å². The zero-order valence-corrected chi connectivity index (χ0v) is 12.9. The summed E-state index contributed by atoms with van der Waals surface area (Å²) < 4.78 is 5.28. The Morgan fingerprint density at radius 3 is 2.75 bits per heavy atom. The van der Waals surface area contributed by atoms with Gasteiger partial charge in [0.25, 0.3) is 5.91 Å². The van der Waals surface area contributed by atoms with Gasteiger partial charge in [0.05, 0.1) is 11.3 Å². The average Bonchev–Trinajstić information content (AvgIpc) is 2.58. The van der Waals surface area contributed by atoms with Crippen LogP contribution in [0.4, 0.5) is 0 Å². The molecule has 0 atom stereocenters. The van der Waals surface area contributed by atoms with E-state index in [0.29, 0.717) is 22.6 Å². The lowest BCUT2D eigenvalue weighted by atomic mass is 10.1. The second kappa shape index (κ2) is 7.65. The molecular weight excluding hydrogens is 310 g/mol. The predicted octanol–water partition coefficient (Wildman–Crippen LogP) is 1.89. The highest BCUT2D eigenvalue weighted by atomic mass is 16.5. The van der Waals surface area contributed by atoms with E-state index in [0.717, 1.165) is 0 Å². The van der Waals surface area contributed by atoms with Gasteiger partial charge < -0.3 is 14.9 Å². The van der Waals surface area contributed by atoms with Gasteiger partial charge in [-0.2, -0.15) is 10.4 Å². The molecule has 0 aliphatic rings. The number of nitriles is 1. The topological polar surface area (TPSA) is 115 Å². The fraction of sp³-hybridized carbons (Fsp3) is 0.118. The number of nitrogens with zero attached hydrogens (tertiary/aromatic N) is 2. The van der Waals surface area contributed by atoms with Gasteiger partial charge in [0, 0.05) is 11.6 Å². The molecule has 2 aromatic rings. The minimum atomic E-state index is -0.514. The van der Waals surface area contributed by atoms with Gasteiger partial charge in [-0.1, -0.05) is 12.1 Å². The molecule has 0 radical (unpaired) electrons. The third kappa shape index (κ3) is 4.24. The van der Waals surface area contributed by atoms with Crippen molar-refractivity contribution in [1.29, 1.82) is 5.26 Å². The molecule has 0 saturated carbocycles. The zero-order chi connectivity index (χ0) is 17.5. The van der Waals surface area contributed by atoms with Crippen molar-refractivity contribution in [2.24, 2.45) is 5.10 Å². The van der Waals surface area contributed by atoms with Gasteiger partial charge in [0.2, 0.25) is 0 Å². The Morgan fingerprint density at radius 2 is 2.04 bits per heavy atom. The first-order chi connectivity index (χ1) is 11.5. The predicted molar refractivity (Wildman–Crippen MR) is 86.8 cm³/mol. The second-order valence-electron chi connectivity index (χ2n) is 4.83. The monoisotopic (exact) mass is 325 g/mol. The molecular formula is C17H15N3O4. The molecule has 1 amide bonds. The Hall–Kier alpha value is -3.53. The Balaban J connectivity index is 1.96. The minimum absolute atomic E-state index is 0.0716. The van der Waals surface area contributed by atoms with Crippen LogP contribution in [0.2, 0.25) is 0 Å². The number of ether oxygens (including phenoxy) is 1. The van der Waals surface area contributed by atoms with Gasteiger partial charge in [0.1, 0.15) is 23.3 Å². The normalized spacial score (nSPS) is 10.8. The van der Waals surface area contributed by atoms with Crippen LogP contribution in [-0.2, 0) is 4.79 Å². The minimum Gasteiger partial charge on any atom is -0.508 e. The second-order valence-corrected chi connectivity index (χ2v) is 4.83. The number of para-hydroxylation sites is 1. The van der Waals surface area contributed by atoms with E-state index in [1.165, 1.54) is 18.2 Å². The number of amides is 1. The van der Waals surface area contributed by atoms with Crippen LogP contribution in [0, 0.1) is 11.3 Å². The number of hydrazone groups is 1. The maximum Gasteiger partial charge on any atom is 0.277 e. The molecule has 0 unspecified atom stereocenters. The van der Waals surface area contributed by atoms with E-state index in [1.807, 2.05) is 6.07 Å². The molecule has 2 rings (SSSR count). The van der Waals surface area contributed by atoms with E-state index < -0.39 is 5.91 Å². The van der Waals surface area contributed by atoms with E-state index >= 15 is 0 Å². The molecule has 0 fully saturated rings. The summed E-state index contributed by atoms with van der Waals surface area (Å²) in [5.74, 6) is -0.422. The Labute approximate surface area is 138 Å². The number of carbonyl (C=O) groups is 1. The number of nitrogens with one attached hydrogen (secondary N) is 1. The number of rotatable bonds is 5. The Morgan fingerprint density at radius 1 is 1.29 bits per heavy atom. The molecule has 24 heavy (non-hydrogen) atoms. The van der Waals surface area contributed by atoms with E-state index in [-0.39, 0.29) is 18.1 Å². The third-order valence-corrected chi connectivity index (χ3v) is 3.09. The first-order valence-electron chi connectivity index (χ1n) is 6.98. The lowest BCUT2D eigenvalue weighted by Gasteiger charge is -2.07. The number of phenolic OH excluding ortho intramolecular Hbond substituents is 2. The van der Waals surface area contributed by atoms with Gasteiger partial charge in [-0.3, -0.25) is 4.79 Å². The maximum absolute atomic E-state index is 11.8. The van der Waals surface area contributed by atoms with Crippen LogP contribution in [-0.4, -0.2) is 28.4 Å². The van der Waals surface area contributed by atoms with Crippen LogP contribution >= 0.6 is 0 Å². The molecule has 7 heteroatoms. The molecule has 3 N–H and O–H groups in total. The summed E-state index contributed by atoms with van der Waals surface area (Å²) >= 11 is 0. The maximum atomic E-state index is 11.8. The van der Waals surface area contributed by atoms with E-state index in [2.05, 4.69) is 10.5 Å². The summed E-state index contributed by atoms with van der Waals surface area (Å²) in [4.78, 5) is 11.8. The number of aromatic hydroxyl groups is 2. The number of carbonyl (C=O) groups excluding carboxylic acids is 1. The molecule has 0 aromatic heterocycles. The Kier molecular flexibility index (Phi) is 5.36. The lowest BCUT2D eigenvalue weighted by molar-refractivity contribution is -0.123. The molecule has 0 spiro atoms. The van der Waals surface area contributed by atoms with Crippen molar-refractivity contribution in [2.75, 3.05) is 6.61 Å².